The fourth-order valence-corrected chi connectivity index (χ4v) is 2.67. The number of rotatable bonds is 5. The van der Waals surface area contributed by atoms with Crippen molar-refractivity contribution in [3.63, 3.8) is 0 Å². The lowest BCUT2D eigenvalue weighted by atomic mass is 10.0. The second-order valence-corrected chi connectivity index (χ2v) is 4.95. The number of nitrogens with one attached hydrogen (secondary N) is 1. The predicted octanol–water partition coefficient (Wildman–Crippen LogP) is 2.06. The van der Waals surface area contributed by atoms with E-state index in [0.29, 0.717) is 6.04 Å². The minimum absolute atomic E-state index is 0.620. The first kappa shape index (κ1) is 13.4. The molecule has 0 aromatic heterocycles. The summed E-state index contributed by atoms with van der Waals surface area (Å²) >= 11 is 0. The van der Waals surface area contributed by atoms with Crippen molar-refractivity contribution in [3.8, 4) is 0 Å². The van der Waals surface area contributed by atoms with Gasteiger partial charge in [0.2, 0.25) is 0 Å². The number of piperidine rings is 1. The van der Waals surface area contributed by atoms with Crippen molar-refractivity contribution in [3.05, 3.63) is 29.8 Å². The van der Waals surface area contributed by atoms with Crippen molar-refractivity contribution < 1.29 is 4.74 Å². The molecule has 1 aromatic carbocycles. The quantitative estimate of drug-likeness (QED) is 0.863. The van der Waals surface area contributed by atoms with Crippen molar-refractivity contribution >= 4 is 5.69 Å². The van der Waals surface area contributed by atoms with Crippen LogP contribution in [0.3, 0.4) is 0 Å². The van der Waals surface area contributed by atoms with Gasteiger partial charge in [-0.3, -0.25) is 0 Å². The first-order valence-electron chi connectivity index (χ1n) is 6.84. The third kappa shape index (κ3) is 3.24. The average Bonchev–Trinajstić information content (AvgIpc) is 2.45. The third-order valence-corrected chi connectivity index (χ3v) is 3.74. The van der Waals surface area contributed by atoms with Crippen LogP contribution in [0.2, 0.25) is 0 Å². The Morgan fingerprint density at radius 1 is 1.39 bits per heavy atom. The van der Waals surface area contributed by atoms with Gasteiger partial charge in [-0.05, 0) is 37.9 Å². The summed E-state index contributed by atoms with van der Waals surface area (Å²) in [5, 5.41) is 3.40. The molecular formula is C15H24N2O. The lowest BCUT2D eigenvalue weighted by Crippen LogP contribution is -2.44. The van der Waals surface area contributed by atoms with Crippen LogP contribution in [-0.2, 0) is 11.2 Å². The van der Waals surface area contributed by atoms with Crippen molar-refractivity contribution in [1.29, 1.82) is 0 Å². The number of benzene rings is 1. The molecule has 0 bridgehead atoms. The van der Waals surface area contributed by atoms with E-state index in [9.17, 15) is 0 Å². The summed E-state index contributed by atoms with van der Waals surface area (Å²) in [6.45, 7) is 3.07. The maximum absolute atomic E-state index is 5.20. The second-order valence-electron chi connectivity index (χ2n) is 4.95. The van der Waals surface area contributed by atoms with E-state index in [2.05, 4.69) is 41.5 Å². The first-order valence-corrected chi connectivity index (χ1v) is 6.84. The maximum Gasteiger partial charge on any atom is 0.0503 e. The standard InChI is InChI=1S/C15H24N2O/c1-16-14-7-5-10-17(12-14)15-8-4-3-6-13(15)9-11-18-2/h3-4,6,8,14,16H,5,7,9-12H2,1-2H3. The maximum atomic E-state index is 5.20. The summed E-state index contributed by atoms with van der Waals surface area (Å²) in [5.41, 5.74) is 2.78. The van der Waals surface area contributed by atoms with E-state index in [-0.39, 0.29) is 0 Å². The zero-order chi connectivity index (χ0) is 12.8. The zero-order valence-electron chi connectivity index (χ0n) is 11.5. The van der Waals surface area contributed by atoms with Crippen LogP contribution in [0.1, 0.15) is 18.4 Å². The van der Waals surface area contributed by atoms with E-state index in [1.165, 1.54) is 30.6 Å². The van der Waals surface area contributed by atoms with Crippen LogP contribution < -0.4 is 10.2 Å². The van der Waals surface area contributed by atoms with E-state index < -0.39 is 0 Å². The first-order chi connectivity index (χ1) is 8.85. The number of methoxy groups -OCH3 is 1. The summed E-state index contributed by atoms with van der Waals surface area (Å²) in [7, 11) is 3.82. The summed E-state index contributed by atoms with van der Waals surface area (Å²) < 4.78 is 5.20. The monoisotopic (exact) mass is 248 g/mol. The number of para-hydroxylation sites is 1. The van der Waals surface area contributed by atoms with Gasteiger partial charge in [-0.15, -0.1) is 0 Å². The van der Waals surface area contributed by atoms with Gasteiger partial charge in [-0.2, -0.15) is 0 Å². The number of nitrogens with zero attached hydrogens (tertiary/aromatic N) is 1. The van der Waals surface area contributed by atoms with Gasteiger partial charge in [0.1, 0.15) is 0 Å². The fourth-order valence-electron chi connectivity index (χ4n) is 2.67. The third-order valence-electron chi connectivity index (χ3n) is 3.74. The molecular weight excluding hydrogens is 224 g/mol. The Morgan fingerprint density at radius 3 is 3.00 bits per heavy atom. The number of anilines is 1. The number of hydrogen-bond acceptors (Lipinski definition) is 3. The molecule has 1 fully saturated rings. The minimum atomic E-state index is 0.620. The molecule has 0 aliphatic carbocycles. The van der Waals surface area contributed by atoms with Crippen LogP contribution in [0, 0.1) is 0 Å². The molecule has 0 amide bonds. The molecule has 18 heavy (non-hydrogen) atoms. The Morgan fingerprint density at radius 2 is 2.22 bits per heavy atom. The van der Waals surface area contributed by atoms with Crippen LogP contribution in [0.4, 0.5) is 5.69 Å². The van der Waals surface area contributed by atoms with E-state index in [1.807, 2.05) is 0 Å². The van der Waals surface area contributed by atoms with E-state index >= 15 is 0 Å². The second kappa shape index (κ2) is 6.76. The molecule has 1 atom stereocenters. The Hall–Kier alpha value is -1.06. The highest BCUT2D eigenvalue weighted by Gasteiger charge is 2.20. The molecule has 0 radical (unpaired) electrons. The molecule has 1 N–H and O–H groups in total. The van der Waals surface area contributed by atoms with Gasteiger partial charge in [0.25, 0.3) is 0 Å². The smallest absolute Gasteiger partial charge is 0.0503 e. The van der Waals surface area contributed by atoms with Crippen molar-refractivity contribution in [2.75, 3.05) is 38.8 Å². The van der Waals surface area contributed by atoms with Gasteiger partial charge in [-0.1, -0.05) is 18.2 Å². The Kier molecular flexibility index (Phi) is 5.02. The molecule has 1 heterocycles. The van der Waals surface area contributed by atoms with E-state index in [1.54, 1.807) is 7.11 Å². The summed E-state index contributed by atoms with van der Waals surface area (Å²) in [6.07, 6.45) is 3.55. The van der Waals surface area contributed by atoms with Crippen LogP contribution in [0.15, 0.2) is 24.3 Å². The predicted molar refractivity (Wildman–Crippen MR) is 76.3 cm³/mol. The highest BCUT2D eigenvalue weighted by molar-refractivity contribution is 5.54. The molecule has 3 nitrogen and oxygen atoms in total. The van der Waals surface area contributed by atoms with Crippen molar-refractivity contribution in [1.82, 2.24) is 5.32 Å². The molecule has 1 saturated heterocycles. The van der Waals surface area contributed by atoms with Gasteiger partial charge < -0.3 is 15.0 Å². The Bertz CT molecular complexity index is 367. The summed E-state index contributed by atoms with van der Waals surface area (Å²) in [6, 6.07) is 9.33. The van der Waals surface area contributed by atoms with Crippen LogP contribution >= 0.6 is 0 Å². The number of likely N-dealkylation sites (N-methyl/N-ethyl adjacent to an activating group) is 1. The molecule has 0 spiro atoms. The molecule has 1 aliphatic heterocycles. The molecule has 1 unspecified atom stereocenters. The highest BCUT2D eigenvalue weighted by atomic mass is 16.5. The topological polar surface area (TPSA) is 24.5 Å². The Labute approximate surface area is 110 Å². The summed E-state index contributed by atoms with van der Waals surface area (Å²) in [4.78, 5) is 2.51. The zero-order valence-corrected chi connectivity index (χ0v) is 11.5. The van der Waals surface area contributed by atoms with Gasteiger partial charge in [-0.25, -0.2) is 0 Å². The van der Waals surface area contributed by atoms with Crippen molar-refractivity contribution in [2.24, 2.45) is 0 Å². The van der Waals surface area contributed by atoms with Crippen LogP contribution in [-0.4, -0.2) is 39.9 Å². The average molecular weight is 248 g/mol. The van der Waals surface area contributed by atoms with E-state index in [0.717, 1.165) is 19.6 Å². The SMILES string of the molecule is CNC1CCCN(c2ccccc2CCOC)C1. The van der Waals surface area contributed by atoms with Crippen LogP contribution in [0.25, 0.3) is 0 Å². The largest absolute Gasteiger partial charge is 0.384 e. The summed E-state index contributed by atoms with van der Waals surface area (Å²) in [5.74, 6) is 0. The molecule has 100 valence electrons. The van der Waals surface area contributed by atoms with Gasteiger partial charge in [0.15, 0.2) is 0 Å². The molecule has 1 aliphatic rings. The van der Waals surface area contributed by atoms with Crippen molar-refractivity contribution in [2.45, 2.75) is 25.3 Å². The molecule has 3 heteroatoms. The highest BCUT2D eigenvalue weighted by Crippen LogP contribution is 2.24. The van der Waals surface area contributed by atoms with Gasteiger partial charge in [0.05, 0.1) is 6.61 Å². The van der Waals surface area contributed by atoms with Crippen LogP contribution in [0.5, 0.6) is 0 Å². The molecule has 2 rings (SSSR count). The minimum Gasteiger partial charge on any atom is -0.384 e. The number of ether oxygens (including phenoxy) is 1. The van der Waals surface area contributed by atoms with E-state index in [4.69, 9.17) is 4.74 Å². The fraction of sp³-hybridized carbons (Fsp3) is 0.600. The molecule has 0 saturated carbocycles. The Balaban J connectivity index is 2.11. The van der Waals surface area contributed by atoms with Gasteiger partial charge in [0, 0.05) is 31.9 Å². The number of hydrogen-bond donors (Lipinski definition) is 1. The van der Waals surface area contributed by atoms with Gasteiger partial charge >= 0.3 is 0 Å². The normalized spacial score (nSPS) is 20.1. The lowest BCUT2D eigenvalue weighted by molar-refractivity contribution is 0.202. The lowest BCUT2D eigenvalue weighted by Gasteiger charge is -2.35. The molecule has 1 aromatic rings.